The van der Waals surface area contributed by atoms with Gasteiger partial charge in [0.25, 0.3) is 0 Å². The molecule has 0 aromatic heterocycles. The highest BCUT2D eigenvalue weighted by Crippen LogP contribution is 2.40. The zero-order chi connectivity index (χ0) is 7.56. The SMILES string of the molecule is CC.CC1COC2CC1C2. The van der Waals surface area contributed by atoms with E-state index in [0.29, 0.717) is 6.10 Å². The fourth-order valence-electron chi connectivity index (χ4n) is 1.63. The summed E-state index contributed by atoms with van der Waals surface area (Å²) in [5.41, 5.74) is 0. The van der Waals surface area contributed by atoms with E-state index in [1.54, 1.807) is 0 Å². The molecule has 2 aliphatic heterocycles. The molecule has 2 bridgehead atoms. The Morgan fingerprint density at radius 3 is 2.00 bits per heavy atom. The molecule has 2 heterocycles. The first-order valence-electron chi connectivity index (χ1n) is 4.48. The maximum atomic E-state index is 5.46. The Morgan fingerprint density at radius 1 is 1.20 bits per heavy atom. The minimum Gasteiger partial charge on any atom is -0.378 e. The fourth-order valence-corrected chi connectivity index (χ4v) is 1.63. The molecule has 0 radical (unpaired) electrons. The Labute approximate surface area is 63.8 Å². The zero-order valence-electron chi connectivity index (χ0n) is 7.26. The predicted octanol–water partition coefficient (Wildman–Crippen LogP) is 2.46. The van der Waals surface area contributed by atoms with Crippen LogP contribution >= 0.6 is 0 Å². The van der Waals surface area contributed by atoms with Crippen LogP contribution in [0, 0.1) is 11.8 Å². The average Bonchev–Trinajstić information content (AvgIpc) is 1.90. The summed E-state index contributed by atoms with van der Waals surface area (Å²) in [5, 5.41) is 0. The number of hydrogen-bond acceptors (Lipinski definition) is 1. The van der Waals surface area contributed by atoms with Gasteiger partial charge in [0.05, 0.1) is 6.10 Å². The summed E-state index contributed by atoms with van der Waals surface area (Å²) in [6.45, 7) is 7.31. The van der Waals surface area contributed by atoms with Crippen LogP contribution in [-0.4, -0.2) is 12.7 Å². The third-order valence-corrected chi connectivity index (χ3v) is 2.53. The smallest absolute Gasteiger partial charge is 0.0580 e. The van der Waals surface area contributed by atoms with Gasteiger partial charge in [-0.05, 0) is 24.7 Å². The van der Waals surface area contributed by atoms with Crippen LogP contribution in [0.1, 0.15) is 33.6 Å². The monoisotopic (exact) mass is 142 g/mol. The van der Waals surface area contributed by atoms with Gasteiger partial charge in [-0.2, -0.15) is 0 Å². The standard InChI is InChI=1S/C7H12O.C2H6/c1-5-4-8-7-2-6(5)3-7;1-2/h5-7H,2-4H2,1H3;1-2H3. The lowest BCUT2D eigenvalue weighted by Gasteiger charge is -2.45. The molecule has 1 heteroatoms. The Morgan fingerprint density at radius 2 is 1.80 bits per heavy atom. The Bertz CT molecular complexity index is 89.4. The molecule has 1 nitrogen and oxygen atoms in total. The topological polar surface area (TPSA) is 9.23 Å². The van der Waals surface area contributed by atoms with E-state index in [9.17, 15) is 0 Å². The van der Waals surface area contributed by atoms with E-state index in [2.05, 4.69) is 6.92 Å². The van der Waals surface area contributed by atoms with Gasteiger partial charge in [0.1, 0.15) is 0 Å². The molecule has 1 saturated carbocycles. The summed E-state index contributed by atoms with van der Waals surface area (Å²) in [7, 11) is 0. The van der Waals surface area contributed by atoms with Crippen molar-refractivity contribution >= 4 is 0 Å². The van der Waals surface area contributed by atoms with Crippen molar-refractivity contribution in [2.45, 2.75) is 39.7 Å². The summed E-state index contributed by atoms with van der Waals surface area (Å²) >= 11 is 0. The summed E-state index contributed by atoms with van der Waals surface area (Å²) in [4.78, 5) is 0. The second kappa shape index (κ2) is 3.38. The first-order chi connectivity index (χ1) is 4.86. The van der Waals surface area contributed by atoms with Crippen LogP contribution in [0.4, 0.5) is 0 Å². The Balaban J connectivity index is 0.000000231. The first kappa shape index (κ1) is 8.06. The molecule has 2 saturated heterocycles. The molecule has 1 unspecified atom stereocenters. The van der Waals surface area contributed by atoms with Crippen molar-refractivity contribution < 1.29 is 4.74 Å². The number of fused-ring (bicyclic) bond motifs is 2. The van der Waals surface area contributed by atoms with E-state index in [0.717, 1.165) is 18.4 Å². The van der Waals surface area contributed by atoms with Crippen LogP contribution in [0.5, 0.6) is 0 Å². The van der Waals surface area contributed by atoms with E-state index >= 15 is 0 Å². The van der Waals surface area contributed by atoms with Crippen LogP contribution in [0.15, 0.2) is 0 Å². The van der Waals surface area contributed by atoms with Crippen LogP contribution < -0.4 is 0 Å². The van der Waals surface area contributed by atoms with E-state index in [-0.39, 0.29) is 0 Å². The van der Waals surface area contributed by atoms with Crippen molar-refractivity contribution in [3.8, 4) is 0 Å². The van der Waals surface area contributed by atoms with Gasteiger partial charge in [-0.3, -0.25) is 0 Å². The van der Waals surface area contributed by atoms with Gasteiger partial charge >= 0.3 is 0 Å². The van der Waals surface area contributed by atoms with Crippen molar-refractivity contribution in [2.75, 3.05) is 6.61 Å². The largest absolute Gasteiger partial charge is 0.378 e. The molecule has 1 aliphatic carbocycles. The molecule has 3 aliphatic rings. The third kappa shape index (κ3) is 1.34. The molecule has 1 atom stereocenters. The van der Waals surface area contributed by atoms with Gasteiger partial charge in [0, 0.05) is 6.61 Å². The molecule has 10 heavy (non-hydrogen) atoms. The number of ether oxygens (including phenoxy) is 1. The first-order valence-corrected chi connectivity index (χ1v) is 4.48. The Hall–Kier alpha value is -0.0400. The third-order valence-electron chi connectivity index (χ3n) is 2.53. The van der Waals surface area contributed by atoms with Crippen molar-refractivity contribution in [3.63, 3.8) is 0 Å². The van der Waals surface area contributed by atoms with Crippen LogP contribution in [0.25, 0.3) is 0 Å². The average molecular weight is 142 g/mol. The number of hydrogen-bond donors (Lipinski definition) is 0. The highest BCUT2D eigenvalue weighted by Gasteiger charge is 2.38. The van der Waals surface area contributed by atoms with Gasteiger partial charge in [0.15, 0.2) is 0 Å². The second-order valence-corrected chi connectivity index (χ2v) is 3.16. The van der Waals surface area contributed by atoms with Gasteiger partial charge in [0.2, 0.25) is 0 Å². The van der Waals surface area contributed by atoms with E-state index in [1.807, 2.05) is 13.8 Å². The predicted molar refractivity (Wildman–Crippen MR) is 43.0 cm³/mol. The molecule has 0 N–H and O–H groups in total. The van der Waals surface area contributed by atoms with Crippen molar-refractivity contribution in [1.82, 2.24) is 0 Å². The molecule has 3 rings (SSSR count). The summed E-state index contributed by atoms with van der Waals surface area (Å²) in [6, 6.07) is 0. The minimum atomic E-state index is 0.663. The molecule has 3 fully saturated rings. The van der Waals surface area contributed by atoms with Gasteiger partial charge < -0.3 is 4.74 Å². The van der Waals surface area contributed by atoms with Crippen LogP contribution in [0.3, 0.4) is 0 Å². The molecule has 0 aromatic rings. The molecule has 60 valence electrons. The Kier molecular flexibility index (Phi) is 2.72. The minimum absolute atomic E-state index is 0.663. The highest BCUT2D eigenvalue weighted by atomic mass is 16.5. The normalized spacial score (nSPS) is 42.9. The second-order valence-electron chi connectivity index (χ2n) is 3.16. The van der Waals surface area contributed by atoms with E-state index < -0.39 is 0 Å². The molecular weight excluding hydrogens is 124 g/mol. The van der Waals surface area contributed by atoms with Gasteiger partial charge in [-0.25, -0.2) is 0 Å². The van der Waals surface area contributed by atoms with Gasteiger partial charge in [-0.1, -0.05) is 20.8 Å². The summed E-state index contributed by atoms with van der Waals surface area (Å²) in [6.07, 6.45) is 3.36. The quantitative estimate of drug-likeness (QED) is 0.505. The van der Waals surface area contributed by atoms with Crippen molar-refractivity contribution in [1.29, 1.82) is 0 Å². The lowest BCUT2D eigenvalue weighted by molar-refractivity contribution is -0.122. The lowest BCUT2D eigenvalue weighted by atomic mass is 9.72. The fraction of sp³-hybridized carbons (Fsp3) is 1.00. The summed E-state index contributed by atoms with van der Waals surface area (Å²) in [5.74, 6) is 1.87. The van der Waals surface area contributed by atoms with Crippen LogP contribution in [0.2, 0.25) is 0 Å². The molecule has 0 amide bonds. The van der Waals surface area contributed by atoms with E-state index in [1.165, 1.54) is 12.8 Å². The highest BCUT2D eigenvalue weighted by molar-refractivity contribution is 4.87. The van der Waals surface area contributed by atoms with Crippen molar-refractivity contribution in [3.05, 3.63) is 0 Å². The molecular formula is C9H18O. The van der Waals surface area contributed by atoms with E-state index in [4.69, 9.17) is 4.74 Å². The van der Waals surface area contributed by atoms with Gasteiger partial charge in [-0.15, -0.1) is 0 Å². The lowest BCUT2D eigenvalue weighted by Crippen LogP contribution is -2.43. The summed E-state index contributed by atoms with van der Waals surface area (Å²) < 4.78 is 5.46. The number of rotatable bonds is 0. The van der Waals surface area contributed by atoms with Crippen molar-refractivity contribution in [2.24, 2.45) is 11.8 Å². The van der Waals surface area contributed by atoms with Crippen LogP contribution in [-0.2, 0) is 4.74 Å². The zero-order valence-corrected chi connectivity index (χ0v) is 7.26. The maximum Gasteiger partial charge on any atom is 0.0580 e. The molecule has 0 aromatic carbocycles. The molecule has 0 spiro atoms. The maximum absolute atomic E-state index is 5.46.